The van der Waals surface area contributed by atoms with Crippen LogP contribution in [0.3, 0.4) is 0 Å². The van der Waals surface area contributed by atoms with Crippen LogP contribution in [-0.4, -0.2) is 32.2 Å². The zero-order chi connectivity index (χ0) is 25.0. The first-order valence-corrected chi connectivity index (χ1v) is 12.9. The average Bonchev–Trinajstić information content (AvgIpc) is 3.28. The number of sulfone groups is 1. The fourth-order valence-electron chi connectivity index (χ4n) is 3.70. The van der Waals surface area contributed by atoms with Crippen LogP contribution in [0.4, 0.5) is 4.39 Å². The number of halogens is 1. The molecule has 1 heterocycles. The molecular formula is C27H24FNO5S. The zero-order valence-corrected chi connectivity index (χ0v) is 20.1. The maximum atomic E-state index is 13.6. The van der Waals surface area contributed by atoms with Gasteiger partial charge in [-0.15, -0.1) is 0 Å². The smallest absolute Gasteiger partial charge is 0.318 e. The van der Waals surface area contributed by atoms with Crippen LogP contribution in [0.2, 0.25) is 0 Å². The van der Waals surface area contributed by atoms with Crippen molar-refractivity contribution in [1.82, 2.24) is 4.98 Å². The third-order valence-electron chi connectivity index (χ3n) is 5.46. The Morgan fingerprint density at radius 1 is 0.971 bits per heavy atom. The Kier molecular flexibility index (Phi) is 7.12. The highest BCUT2D eigenvalue weighted by Gasteiger charge is 2.30. The van der Waals surface area contributed by atoms with Crippen molar-refractivity contribution in [1.29, 1.82) is 0 Å². The van der Waals surface area contributed by atoms with Gasteiger partial charge < -0.3 is 9.15 Å². The summed E-state index contributed by atoms with van der Waals surface area (Å²) in [6.45, 7) is 1.93. The second-order valence-electron chi connectivity index (χ2n) is 8.03. The summed E-state index contributed by atoms with van der Waals surface area (Å²) in [4.78, 5) is 17.7. The number of hydrogen-bond acceptors (Lipinski definition) is 6. The molecule has 0 aliphatic carbocycles. The number of nitrogens with zero attached hydrogens (tertiary/aromatic N) is 1. The highest BCUT2D eigenvalue weighted by Crippen LogP contribution is 2.36. The summed E-state index contributed by atoms with van der Waals surface area (Å²) in [6, 6.07) is 21.4. The molecule has 4 aromatic rings. The molecule has 3 aromatic carbocycles. The maximum Gasteiger partial charge on any atom is 0.318 e. The molecule has 0 N–H and O–H groups in total. The first-order chi connectivity index (χ1) is 16.8. The summed E-state index contributed by atoms with van der Waals surface area (Å²) in [5, 5.41) is 0. The van der Waals surface area contributed by atoms with Gasteiger partial charge in [0, 0.05) is 17.4 Å². The van der Waals surface area contributed by atoms with Gasteiger partial charge in [-0.1, -0.05) is 30.3 Å². The van der Waals surface area contributed by atoms with Crippen molar-refractivity contribution >= 4 is 15.8 Å². The lowest BCUT2D eigenvalue weighted by Gasteiger charge is -2.12. The summed E-state index contributed by atoms with van der Waals surface area (Å²) in [5.41, 5.74) is 2.48. The van der Waals surface area contributed by atoms with Crippen LogP contribution in [0, 0.1) is 5.82 Å². The lowest BCUT2D eigenvalue weighted by Crippen LogP contribution is -2.18. The second-order valence-corrected chi connectivity index (χ2v) is 10.0. The molecule has 35 heavy (non-hydrogen) atoms. The van der Waals surface area contributed by atoms with Crippen LogP contribution in [0.1, 0.15) is 24.3 Å². The minimum Gasteiger partial charge on any atom is -0.465 e. The molecular weight excluding hydrogens is 469 g/mol. The minimum atomic E-state index is -3.38. The third kappa shape index (κ3) is 5.66. The van der Waals surface area contributed by atoms with Crippen LogP contribution >= 0.6 is 0 Å². The number of oxazole rings is 1. The highest BCUT2D eigenvalue weighted by atomic mass is 32.2. The molecule has 0 radical (unpaired) electrons. The number of carbonyl (C=O) groups is 1. The standard InChI is InChI=1S/C27H24FNO5S/c1-3-33-27(30)23(17-18-7-5-4-6-8-18)26-29-24(19-9-13-21(28)14-10-19)25(34-26)20-11-15-22(16-12-20)35(2,31)32/h4-16,23H,3,17H2,1-2H3. The highest BCUT2D eigenvalue weighted by molar-refractivity contribution is 7.90. The van der Waals surface area contributed by atoms with Gasteiger partial charge in [-0.05, 0) is 67.4 Å². The number of carbonyl (C=O) groups excluding carboxylic acids is 1. The van der Waals surface area contributed by atoms with Crippen molar-refractivity contribution < 1.29 is 26.8 Å². The van der Waals surface area contributed by atoms with Crippen LogP contribution in [0.15, 0.2) is 88.2 Å². The first-order valence-electron chi connectivity index (χ1n) is 11.0. The van der Waals surface area contributed by atoms with E-state index in [0.29, 0.717) is 29.0 Å². The van der Waals surface area contributed by atoms with E-state index in [2.05, 4.69) is 4.98 Å². The number of ether oxygens (including phenoxy) is 1. The number of aromatic nitrogens is 1. The topological polar surface area (TPSA) is 86.5 Å². The molecule has 0 saturated heterocycles. The maximum absolute atomic E-state index is 13.6. The van der Waals surface area contributed by atoms with E-state index in [4.69, 9.17) is 9.15 Å². The largest absolute Gasteiger partial charge is 0.465 e. The van der Waals surface area contributed by atoms with E-state index in [1.54, 1.807) is 31.2 Å². The number of hydrogen-bond donors (Lipinski definition) is 0. The fourth-order valence-corrected chi connectivity index (χ4v) is 4.33. The lowest BCUT2D eigenvalue weighted by molar-refractivity contribution is -0.145. The Morgan fingerprint density at radius 3 is 2.20 bits per heavy atom. The van der Waals surface area contributed by atoms with Crippen molar-refractivity contribution in [2.75, 3.05) is 12.9 Å². The normalized spacial score (nSPS) is 12.3. The van der Waals surface area contributed by atoms with Gasteiger partial charge in [0.15, 0.2) is 15.6 Å². The van der Waals surface area contributed by atoms with Crippen LogP contribution in [0.5, 0.6) is 0 Å². The zero-order valence-electron chi connectivity index (χ0n) is 19.3. The molecule has 8 heteroatoms. The summed E-state index contributed by atoms with van der Waals surface area (Å²) in [5.74, 6) is -1.17. The van der Waals surface area contributed by atoms with E-state index in [1.165, 1.54) is 24.3 Å². The summed E-state index contributed by atoms with van der Waals surface area (Å²) >= 11 is 0. The van der Waals surface area contributed by atoms with Gasteiger partial charge in [0.25, 0.3) is 0 Å². The van der Waals surface area contributed by atoms with Crippen molar-refractivity contribution in [2.45, 2.75) is 24.2 Å². The fraction of sp³-hybridized carbons (Fsp3) is 0.185. The SMILES string of the molecule is CCOC(=O)C(Cc1ccccc1)c1nc(-c2ccc(F)cc2)c(-c2ccc(S(C)(=O)=O)cc2)o1. The van der Waals surface area contributed by atoms with E-state index in [-0.39, 0.29) is 17.4 Å². The summed E-state index contributed by atoms with van der Waals surface area (Å²) in [6.07, 6.45) is 1.45. The molecule has 180 valence electrons. The molecule has 0 fully saturated rings. The predicted octanol–water partition coefficient (Wildman–Crippen LogP) is 5.44. The van der Waals surface area contributed by atoms with Gasteiger partial charge in [0.1, 0.15) is 17.4 Å². The van der Waals surface area contributed by atoms with Crippen molar-refractivity contribution in [3.63, 3.8) is 0 Å². The molecule has 1 atom stereocenters. The monoisotopic (exact) mass is 493 g/mol. The Balaban J connectivity index is 1.83. The van der Waals surface area contributed by atoms with Gasteiger partial charge in [0.2, 0.25) is 5.89 Å². The lowest BCUT2D eigenvalue weighted by atomic mass is 9.99. The minimum absolute atomic E-state index is 0.161. The van der Waals surface area contributed by atoms with Crippen molar-refractivity contribution in [3.05, 3.63) is 96.1 Å². The second kappa shape index (κ2) is 10.2. The van der Waals surface area contributed by atoms with Crippen molar-refractivity contribution in [3.8, 4) is 22.6 Å². The number of rotatable bonds is 8. The van der Waals surface area contributed by atoms with Gasteiger partial charge in [-0.2, -0.15) is 0 Å². The van der Waals surface area contributed by atoms with Crippen molar-refractivity contribution in [2.24, 2.45) is 0 Å². The van der Waals surface area contributed by atoms with Crippen LogP contribution in [0.25, 0.3) is 22.6 Å². The van der Waals surface area contributed by atoms with E-state index in [0.717, 1.165) is 11.8 Å². The van der Waals surface area contributed by atoms with Crippen LogP contribution in [-0.2, 0) is 25.8 Å². The van der Waals surface area contributed by atoms with Gasteiger partial charge in [-0.3, -0.25) is 4.79 Å². The van der Waals surface area contributed by atoms with E-state index in [9.17, 15) is 17.6 Å². The Labute approximate surface area is 203 Å². The first kappa shape index (κ1) is 24.3. The molecule has 0 aliphatic heterocycles. The number of benzene rings is 3. The van der Waals surface area contributed by atoms with Gasteiger partial charge in [-0.25, -0.2) is 17.8 Å². The van der Waals surface area contributed by atoms with Gasteiger partial charge >= 0.3 is 5.97 Å². The average molecular weight is 494 g/mol. The Hall–Kier alpha value is -3.78. The molecule has 0 aliphatic rings. The molecule has 1 aromatic heterocycles. The quantitative estimate of drug-likeness (QED) is 0.304. The molecule has 0 bridgehead atoms. The summed E-state index contributed by atoms with van der Waals surface area (Å²) in [7, 11) is -3.38. The molecule has 0 saturated carbocycles. The molecule has 0 spiro atoms. The molecule has 4 rings (SSSR count). The summed E-state index contributed by atoms with van der Waals surface area (Å²) < 4.78 is 48.8. The molecule has 0 amide bonds. The van der Waals surface area contributed by atoms with E-state index >= 15 is 0 Å². The number of esters is 1. The van der Waals surface area contributed by atoms with Gasteiger partial charge in [0.05, 0.1) is 11.5 Å². The Morgan fingerprint density at radius 2 is 1.60 bits per heavy atom. The third-order valence-corrected chi connectivity index (χ3v) is 6.59. The molecule has 6 nitrogen and oxygen atoms in total. The Bertz CT molecular complexity index is 1410. The van der Waals surface area contributed by atoms with E-state index in [1.807, 2.05) is 30.3 Å². The predicted molar refractivity (Wildman–Crippen MR) is 130 cm³/mol. The van der Waals surface area contributed by atoms with Crippen LogP contribution < -0.4 is 0 Å². The van der Waals surface area contributed by atoms with E-state index < -0.39 is 27.5 Å². The molecule has 1 unspecified atom stereocenters.